The quantitative estimate of drug-likeness (QED) is 0.779. The molecule has 7 heteroatoms. The summed E-state index contributed by atoms with van der Waals surface area (Å²) >= 11 is 0. The standard InChI is InChI=1S/C7H13N3.C6H10N3.Y/c1-5(2)10-8-6(3)7(4)9-10;1-5(2)9-4-6(3)7-8-9;/h5H,1-4H3;5H,1-3H3;/q;-1;. The van der Waals surface area contributed by atoms with E-state index in [1.165, 1.54) is 0 Å². The second kappa shape index (κ2) is 8.62. The second-order valence-corrected chi connectivity index (χ2v) is 5.11. The van der Waals surface area contributed by atoms with Gasteiger partial charge in [-0.05, 0) is 41.5 Å². The van der Waals surface area contributed by atoms with Crippen molar-refractivity contribution in [3.05, 3.63) is 23.3 Å². The summed E-state index contributed by atoms with van der Waals surface area (Å²) in [5, 5.41) is 16.1. The minimum atomic E-state index is 0. The molecule has 2 heterocycles. The summed E-state index contributed by atoms with van der Waals surface area (Å²) in [5.74, 6) is 0. The first-order valence-corrected chi connectivity index (χ1v) is 6.52. The van der Waals surface area contributed by atoms with E-state index in [-0.39, 0.29) is 32.7 Å². The van der Waals surface area contributed by atoms with E-state index in [0.717, 1.165) is 17.1 Å². The second-order valence-electron chi connectivity index (χ2n) is 5.11. The third-order valence-corrected chi connectivity index (χ3v) is 2.55. The van der Waals surface area contributed by atoms with Crippen molar-refractivity contribution in [2.75, 3.05) is 0 Å². The topological polar surface area (TPSA) is 61.4 Å². The van der Waals surface area contributed by atoms with Crippen LogP contribution >= 0.6 is 0 Å². The van der Waals surface area contributed by atoms with E-state index in [9.17, 15) is 0 Å². The van der Waals surface area contributed by atoms with Gasteiger partial charge in [-0.25, -0.2) is 0 Å². The fraction of sp³-hybridized carbons (Fsp3) is 0.692. The Balaban J connectivity index is 0.000000345. The van der Waals surface area contributed by atoms with Crippen LogP contribution in [0.3, 0.4) is 0 Å². The summed E-state index contributed by atoms with van der Waals surface area (Å²) in [6.45, 7) is 14.1. The van der Waals surface area contributed by atoms with E-state index in [1.54, 1.807) is 9.48 Å². The van der Waals surface area contributed by atoms with Crippen LogP contribution in [0.2, 0.25) is 0 Å². The predicted molar refractivity (Wildman–Crippen MR) is 73.9 cm³/mol. The fourth-order valence-corrected chi connectivity index (χ4v) is 1.26. The number of rotatable bonds is 2. The molecule has 0 aromatic carbocycles. The van der Waals surface area contributed by atoms with Crippen LogP contribution in [-0.4, -0.2) is 30.0 Å². The van der Waals surface area contributed by atoms with Crippen LogP contribution in [0.25, 0.3) is 0 Å². The van der Waals surface area contributed by atoms with Crippen LogP contribution in [0.1, 0.15) is 56.9 Å². The molecular formula is C13H23N6Y-. The molecule has 0 saturated heterocycles. The molecule has 109 valence electrons. The van der Waals surface area contributed by atoms with Gasteiger partial charge in [0.1, 0.15) is 0 Å². The summed E-state index contributed by atoms with van der Waals surface area (Å²) in [4.78, 5) is 1.74. The van der Waals surface area contributed by atoms with Crippen LogP contribution < -0.4 is 0 Å². The van der Waals surface area contributed by atoms with Gasteiger partial charge in [-0.3, -0.25) is 0 Å². The SMILES string of the molecule is Cc1[c-]n(C(C)C)nn1.Cc1nn(C(C)C)nc1C.[Y]. The molecule has 0 amide bonds. The zero-order valence-corrected chi connectivity index (χ0v) is 16.3. The average molecular weight is 352 g/mol. The molecule has 20 heavy (non-hydrogen) atoms. The molecule has 0 aliphatic heterocycles. The van der Waals surface area contributed by atoms with Crippen LogP contribution in [0, 0.1) is 27.0 Å². The van der Waals surface area contributed by atoms with Crippen molar-refractivity contribution in [2.45, 2.75) is 60.5 Å². The van der Waals surface area contributed by atoms with E-state index in [4.69, 9.17) is 0 Å². The van der Waals surface area contributed by atoms with Crippen LogP contribution in [-0.2, 0) is 32.7 Å². The summed E-state index contributed by atoms with van der Waals surface area (Å²) in [6, 6.07) is 0.735. The summed E-state index contributed by atoms with van der Waals surface area (Å²) in [7, 11) is 0. The molecule has 0 spiro atoms. The van der Waals surface area contributed by atoms with Crippen LogP contribution in [0.5, 0.6) is 0 Å². The van der Waals surface area contributed by atoms with Crippen LogP contribution in [0.4, 0.5) is 0 Å². The normalized spacial score (nSPS) is 10.2. The molecule has 0 bridgehead atoms. The van der Waals surface area contributed by atoms with Crippen molar-refractivity contribution in [3.63, 3.8) is 0 Å². The van der Waals surface area contributed by atoms with E-state index in [0.29, 0.717) is 12.1 Å². The maximum Gasteiger partial charge on any atom is 0.0825 e. The molecule has 0 N–H and O–H groups in total. The maximum atomic E-state index is 4.22. The van der Waals surface area contributed by atoms with Gasteiger partial charge in [-0.15, -0.1) is 10.9 Å². The third kappa shape index (κ3) is 5.79. The predicted octanol–water partition coefficient (Wildman–Crippen LogP) is 2.44. The van der Waals surface area contributed by atoms with E-state index < -0.39 is 0 Å². The molecule has 0 aliphatic carbocycles. The summed E-state index contributed by atoms with van der Waals surface area (Å²) in [5.41, 5.74) is 2.89. The molecule has 2 aromatic rings. The number of aryl methyl sites for hydroxylation is 3. The zero-order valence-electron chi connectivity index (χ0n) is 13.4. The van der Waals surface area contributed by atoms with Crippen molar-refractivity contribution in [1.82, 2.24) is 30.0 Å². The van der Waals surface area contributed by atoms with Gasteiger partial charge in [0.25, 0.3) is 0 Å². The van der Waals surface area contributed by atoms with Gasteiger partial charge in [-0.1, -0.05) is 6.92 Å². The molecule has 0 atom stereocenters. The monoisotopic (exact) mass is 352 g/mol. The molecular weight excluding hydrogens is 329 g/mol. The van der Waals surface area contributed by atoms with Gasteiger partial charge < -0.3 is 10.9 Å². The summed E-state index contributed by atoms with van der Waals surface area (Å²) in [6.07, 6.45) is 2.97. The van der Waals surface area contributed by atoms with E-state index >= 15 is 0 Å². The Labute approximate surface area is 146 Å². The first-order chi connectivity index (χ1) is 8.81. The summed E-state index contributed by atoms with van der Waals surface area (Å²) < 4.78 is 1.72. The van der Waals surface area contributed by atoms with Crippen molar-refractivity contribution >= 4 is 0 Å². The largest absolute Gasteiger partial charge is 0.424 e. The molecule has 2 aromatic heterocycles. The van der Waals surface area contributed by atoms with Gasteiger partial charge in [0.05, 0.1) is 17.4 Å². The van der Waals surface area contributed by atoms with Gasteiger partial charge >= 0.3 is 0 Å². The molecule has 2 rings (SSSR count). The Bertz CT molecular complexity index is 495. The average Bonchev–Trinajstić information content (AvgIpc) is 2.88. The first-order valence-electron chi connectivity index (χ1n) is 6.52. The van der Waals surface area contributed by atoms with Crippen molar-refractivity contribution < 1.29 is 32.7 Å². The molecule has 0 fully saturated rings. The molecule has 0 saturated carbocycles. The van der Waals surface area contributed by atoms with Crippen molar-refractivity contribution in [1.29, 1.82) is 0 Å². The van der Waals surface area contributed by atoms with Crippen molar-refractivity contribution in [3.8, 4) is 0 Å². The zero-order chi connectivity index (χ0) is 14.6. The van der Waals surface area contributed by atoms with Gasteiger partial charge in [0.2, 0.25) is 0 Å². The van der Waals surface area contributed by atoms with Crippen LogP contribution in [0.15, 0.2) is 0 Å². The molecule has 6 nitrogen and oxygen atoms in total. The first kappa shape index (κ1) is 19.4. The number of aromatic nitrogens is 6. The Morgan fingerprint density at radius 1 is 0.900 bits per heavy atom. The molecule has 1 radical (unpaired) electrons. The Kier molecular flexibility index (Phi) is 8.36. The number of hydrogen-bond acceptors (Lipinski definition) is 4. The Morgan fingerprint density at radius 3 is 1.60 bits per heavy atom. The minimum absolute atomic E-state index is 0. The van der Waals surface area contributed by atoms with Gasteiger partial charge in [0, 0.05) is 38.8 Å². The fourth-order valence-electron chi connectivity index (χ4n) is 1.26. The van der Waals surface area contributed by atoms with E-state index in [2.05, 4.69) is 40.6 Å². The maximum absolute atomic E-state index is 4.22. The van der Waals surface area contributed by atoms with Gasteiger partial charge in [0.15, 0.2) is 0 Å². The number of nitrogens with zero attached hydrogens (tertiary/aromatic N) is 6. The third-order valence-electron chi connectivity index (χ3n) is 2.55. The van der Waals surface area contributed by atoms with Gasteiger partial charge in [-0.2, -0.15) is 20.1 Å². The Hall–Kier alpha value is -0.616. The smallest absolute Gasteiger partial charge is 0.0825 e. The minimum Gasteiger partial charge on any atom is -0.424 e. The number of hydrogen-bond donors (Lipinski definition) is 0. The Morgan fingerprint density at radius 2 is 1.40 bits per heavy atom. The van der Waals surface area contributed by atoms with Crippen molar-refractivity contribution in [2.24, 2.45) is 0 Å². The molecule has 0 unspecified atom stereocenters. The van der Waals surface area contributed by atoms with E-state index in [1.807, 2.05) is 34.6 Å². The molecule has 0 aliphatic rings.